The molecule has 0 aliphatic rings. The number of nitrogens with one attached hydrogen (secondary N) is 2. The van der Waals surface area contributed by atoms with Crippen LogP contribution in [0, 0.1) is 5.82 Å². The third-order valence-corrected chi connectivity index (χ3v) is 2.63. The van der Waals surface area contributed by atoms with E-state index in [0.29, 0.717) is 17.2 Å². The first-order valence-corrected chi connectivity index (χ1v) is 5.71. The highest BCUT2D eigenvalue weighted by Crippen LogP contribution is 2.20. The van der Waals surface area contributed by atoms with E-state index in [1.54, 1.807) is 31.6 Å². The molecule has 4 nitrogen and oxygen atoms in total. The molecule has 0 radical (unpaired) electrons. The molecule has 1 aromatic heterocycles. The van der Waals surface area contributed by atoms with Gasteiger partial charge in [0.2, 0.25) is 0 Å². The Bertz CT molecular complexity index is 530. The van der Waals surface area contributed by atoms with Gasteiger partial charge in [0.05, 0.1) is 18.4 Å². The van der Waals surface area contributed by atoms with Gasteiger partial charge in [-0.3, -0.25) is 4.98 Å². The van der Waals surface area contributed by atoms with Crippen molar-refractivity contribution in [3.63, 3.8) is 0 Å². The van der Waals surface area contributed by atoms with E-state index in [-0.39, 0.29) is 11.9 Å². The summed E-state index contributed by atoms with van der Waals surface area (Å²) in [5, 5.41) is 6.02. The van der Waals surface area contributed by atoms with Crippen LogP contribution in [0.25, 0.3) is 0 Å². The minimum Gasteiger partial charge on any atom is -0.372 e. The highest BCUT2D eigenvalue weighted by molar-refractivity contribution is 5.43. The molecule has 18 heavy (non-hydrogen) atoms. The van der Waals surface area contributed by atoms with Crippen LogP contribution >= 0.6 is 0 Å². The SMILES string of the molecule is CNc1cncc(NC(C)c2ccccc2F)n1. The molecule has 0 bridgehead atoms. The topological polar surface area (TPSA) is 49.8 Å². The van der Waals surface area contributed by atoms with Crippen molar-refractivity contribution < 1.29 is 4.39 Å². The molecule has 1 atom stereocenters. The smallest absolute Gasteiger partial charge is 0.147 e. The van der Waals surface area contributed by atoms with Gasteiger partial charge in [0.15, 0.2) is 0 Å². The van der Waals surface area contributed by atoms with Crippen LogP contribution in [0.4, 0.5) is 16.0 Å². The zero-order valence-corrected chi connectivity index (χ0v) is 10.3. The van der Waals surface area contributed by atoms with E-state index < -0.39 is 0 Å². The third-order valence-electron chi connectivity index (χ3n) is 2.63. The number of aromatic nitrogens is 2. The van der Waals surface area contributed by atoms with Gasteiger partial charge in [-0.1, -0.05) is 18.2 Å². The Morgan fingerprint density at radius 3 is 2.61 bits per heavy atom. The molecule has 0 fully saturated rings. The Kier molecular flexibility index (Phi) is 3.72. The highest BCUT2D eigenvalue weighted by atomic mass is 19.1. The van der Waals surface area contributed by atoms with Gasteiger partial charge < -0.3 is 10.6 Å². The summed E-state index contributed by atoms with van der Waals surface area (Å²) in [5.41, 5.74) is 0.606. The summed E-state index contributed by atoms with van der Waals surface area (Å²) < 4.78 is 13.6. The molecule has 2 N–H and O–H groups in total. The first-order valence-electron chi connectivity index (χ1n) is 5.71. The predicted octanol–water partition coefficient (Wildman–Crippen LogP) is 2.83. The van der Waals surface area contributed by atoms with Crippen LogP contribution in [0.5, 0.6) is 0 Å². The van der Waals surface area contributed by atoms with Crippen molar-refractivity contribution in [2.24, 2.45) is 0 Å². The lowest BCUT2D eigenvalue weighted by Gasteiger charge is -2.15. The maximum atomic E-state index is 13.6. The summed E-state index contributed by atoms with van der Waals surface area (Å²) in [5.74, 6) is 1.05. The summed E-state index contributed by atoms with van der Waals surface area (Å²) in [4.78, 5) is 8.32. The van der Waals surface area contributed by atoms with Crippen LogP contribution in [0.1, 0.15) is 18.5 Å². The van der Waals surface area contributed by atoms with E-state index in [4.69, 9.17) is 0 Å². The molecule has 0 amide bonds. The predicted molar refractivity (Wildman–Crippen MR) is 70.0 cm³/mol. The second-order valence-corrected chi connectivity index (χ2v) is 3.93. The van der Waals surface area contributed by atoms with Crippen LogP contribution in [0.2, 0.25) is 0 Å². The summed E-state index contributed by atoms with van der Waals surface area (Å²) in [6, 6.07) is 6.51. The second kappa shape index (κ2) is 5.44. The molecule has 0 spiro atoms. The lowest BCUT2D eigenvalue weighted by Crippen LogP contribution is -2.10. The minimum absolute atomic E-state index is 0.174. The van der Waals surface area contributed by atoms with Crippen LogP contribution in [-0.4, -0.2) is 17.0 Å². The van der Waals surface area contributed by atoms with Crippen molar-refractivity contribution in [2.45, 2.75) is 13.0 Å². The van der Waals surface area contributed by atoms with Crippen molar-refractivity contribution in [2.75, 3.05) is 17.7 Å². The molecule has 2 aromatic rings. The largest absolute Gasteiger partial charge is 0.372 e. The van der Waals surface area contributed by atoms with Crippen molar-refractivity contribution >= 4 is 11.6 Å². The third kappa shape index (κ3) is 2.74. The monoisotopic (exact) mass is 246 g/mol. The first-order chi connectivity index (χ1) is 8.70. The van der Waals surface area contributed by atoms with Gasteiger partial charge >= 0.3 is 0 Å². The Balaban J connectivity index is 2.16. The summed E-state index contributed by atoms with van der Waals surface area (Å²) in [7, 11) is 1.77. The standard InChI is InChI=1S/C13H15FN4/c1-9(10-5-3-4-6-11(10)14)17-13-8-16-7-12(15-2)18-13/h3-9H,1-2H3,(H2,15,17,18). The van der Waals surface area contributed by atoms with Gasteiger partial charge in [0.25, 0.3) is 0 Å². The quantitative estimate of drug-likeness (QED) is 0.871. The van der Waals surface area contributed by atoms with Crippen LogP contribution in [-0.2, 0) is 0 Å². The molecule has 0 aliphatic heterocycles. The number of benzene rings is 1. The minimum atomic E-state index is -0.227. The average Bonchev–Trinajstić information content (AvgIpc) is 2.39. The van der Waals surface area contributed by atoms with E-state index in [1.807, 2.05) is 13.0 Å². The molecule has 1 heterocycles. The average molecular weight is 246 g/mol. The number of hydrogen-bond acceptors (Lipinski definition) is 4. The maximum absolute atomic E-state index is 13.6. The zero-order chi connectivity index (χ0) is 13.0. The van der Waals surface area contributed by atoms with Crippen molar-refractivity contribution in [3.05, 3.63) is 48.0 Å². The molecule has 0 saturated heterocycles. The van der Waals surface area contributed by atoms with Gasteiger partial charge in [-0.05, 0) is 13.0 Å². The summed E-state index contributed by atoms with van der Waals surface area (Å²) in [6.07, 6.45) is 3.23. The zero-order valence-electron chi connectivity index (χ0n) is 10.3. The van der Waals surface area contributed by atoms with Gasteiger partial charge in [-0.25, -0.2) is 9.37 Å². The fraction of sp³-hybridized carbons (Fsp3) is 0.231. The Hall–Kier alpha value is -2.17. The number of rotatable bonds is 4. The highest BCUT2D eigenvalue weighted by Gasteiger charge is 2.10. The van der Waals surface area contributed by atoms with Crippen LogP contribution in [0.3, 0.4) is 0 Å². The molecule has 1 aromatic carbocycles. The van der Waals surface area contributed by atoms with Gasteiger partial charge in [-0.15, -0.1) is 0 Å². The lowest BCUT2D eigenvalue weighted by molar-refractivity contribution is 0.600. The number of hydrogen-bond donors (Lipinski definition) is 2. The van der Waals surface area contributed by atoms with Gasteiger partial charge in [0.1, 0.15) is 17.5 Å². The molecular formula is C13H15FN4. The molecule has 2 rings (SSSR count). The van der Waals surface area contributed by atoms with Crippen molar-refractivity contribution in [1.29, 1.82) is 0 Å². The summed E-state index contributed by atoms with van der Waals surface area (Å²) >= 11 is 0. The van der Waals surface area contributed by atoms with Crippen LogP contribution < -0.4 is 10.6 Å². The van der Waals surface area contributed by atoms with E-state index >= 15 is 0 Å². The first kappa shape index (κ1) is 12.3. The van der Waals surface area contributed by atoms with Gasteiger partial charge in [-0.2, -0.15) is 0 Å². The number of anilines is 2. The molecule has 0 aliphatic carbocycles. The van der Waals surface area contributed by atoms with Crippen LogP contribution in [0.15, 0.2) is 36.7 Å². The maximum Gasteiger partial charge on any atom is 0.147 e. The number of nitrogens with zero attached hydrogens (tertiary/aromatic N) is 2. The molecular weight excluding hydrogens is 231 g/mol. The Labute approximate surface area is 105 Å². The Morgan fingerprint density at radius 2 is 1.89 bits per heavy atom. The van der Waals surface area contributed by atoms with Crippen molar-refractivity contribution in [1.82, 2.24) is 9.97 Å². The normalized spacial score (nSPS) is 11.9. The molecule has 0 saturated carbocycles. The lowest BCUT2D eigenvalue weighted by atomic mass is 10.1. The second-order valence-electron chi connectivity index (χ2n) is 3.93. The van der Waals surface area contributed by atoms with Gasteiger partial charge in [0, 0.05) is 12.6 Å². The van der Waals surface area contributed by atoms with E-state index in [1.165, 1.54) is 6.07 Å². The summed E-state index contributed by atoms with van der Waals surface area (Å²) in [6.45, 7) is 1.88. The van der Waals surface area contributed by atoms with E-state index in [2.05, 4.69) is 20.6 Å². The Morgan fingerprint density at radius 1 is 1.17 bits per heavy atom. The molecule has 5 heteroatoms. The molecule has 1 unspecified atom stereocenters. The number of halogens is 1. The van der Waals surface area contributed by atoms with Crippen molar-refractivity contribution in [3.8, 4) is 0 Å². The fourth-order valence-corrected chi connectivity index (χ4v) is 1.68. The van der Waals surface area contributed by atoms with E-state index in [0.717, 1.165) is 0 Å². The van der Waals surface area contributed by atoms with E-state index in [9.17, 15) is 4.39 Å². The fourth-order valence-electron chi connectivity index (χ4n) is 1.68. The molecule has 94 valence electrons.